The molecule has 15 heteroatoms. The monoisotopic (exact) mass is 559 g/mol. The first kappa shape index (κ1) is 33.1. The molecule has 0 bridgehead atoms. The lowest BCUT2D eigenvalue weighted by atomic mass is 9.85. The Balaban J connectivity index is 0.000000426. The van der Waals surface area contributed by atoms with Crippen LogP contribution in [0.3, 0.4) is 0 Å². The molecular formula is C23H31F6N3O6. The number of likely N-dealkylation sites (N-methyl/N-ethyl adjacent to an activating group) is 1. The fraction of sp³-hybridized carbons (Fsp3) is 0.609. The molecule has 1 aromatic carbocycles. The molecule has 2 fully saturated rings. The molecule has 0 aliphatic carbocycles. The van der Waals surface area contributed by atoms with E-state index in [2.05, 4.69) is 45.4 Å². The molecule has 3 N–H and O–H groups in total. The van der Waals surface area contributed by atoms with Crippen molar-refractivity contribution in [3.05, 3.63) is 35.9 Å². The van der Waals surface area contributed by atoms with Gasteiger partial charge in [-0.05, 0) is 37.9 Å². The first-order valence-corrected chi connectivity index (χ1v) is 11.5. The third-order valence-corrected chi connectivity index (χ3v) is 5.99. The Labute approximate surface area is 215 Å². The van der Waals surface area contributed by atoms with Gasteiger partial charge < -0.3 is 25.2 Å². The molecule has 1 amide bonds. The summed E-state index contributed by atoms with van der Waals surface area (Å²) in [4.78, 5) is 34.5. The average molecular weight is 560 g/mol. The lowest BCUT2D eigenvalue weighted by Crippen LogP contribution is -2.63. The van der Waals surface area contributed by atoms with Gasteiger partial charge in [0.15, 0.2) is 0 Å². The van der Waals surface area contributed by atoms with Gasteiger partial charge in [0.05, 0.1) is 19.8 Å². The third kappa shape index (κ3) is 11.6. The molecule has 216 valence electrons. The van der Waals surface area contributed by atoms with E-state index in [-0.39, 0.29) is 11.4 Å². The van der Waals surface area contributed by atoms with Crippen LogP contribution in [0.2, 0.25) is 0 Å². The Morgan fingerprint density at radius 1 is 0.947 bits per heavy atom. The smallest absolute Gasteiger partial charge is 0.475 e. The SMILES string of the molecule is CNC(=O)CN1CCOCC12CCN(CCc1ccccc1)CC2.O=C(O)C(F)(F)F.O=C(O)C(F)(F)F. The maximum absolute atomic E-state index is 11.8. The largest absolute Gasteiger partial charge is 0.490 e. The number of hydrogen-bond donors (Lipinski definition) is 3. The molecule has 0 saturated carbocycles. The maximum Gasteiger partial charge on any atom is 0.490 e. The average Bonchev–Trinajstić information content (AvgIpc) is 2.85. The molecule has 2 heterocycles. The standard InChI is InChI=1S/C19H29N3O2.2C2HF3O2/c1-20-18(23)15-22-13-14-24-16-19(22)8-11-21(12-9-19)10-7-17-5-3-2-4-6-17;2*3-2(4,5)1(6)7/h2-6H,7-16H2,1H3,(H,20,23);2*(H,6,7). The number of aliphatic carboxylic acids is 2. The minimum atomic E-state index is -5.08. The van der Waals surface area contributed by atoms with Gasteiger partial charge in [-0.1, -0.05) is 30.3 Å². The summed E-state index contributed by atoms with van der Waals surface area (Å²) < 4.78 is 69.3. The van der Waals surface area contributed by atoms with E-state index in [4.69, 9.17) is 24.5 Å². The first-order valence-electron chi connectivity index (χ1n) is 11.5. The Morgan fingerprint density at radius 2 is 1.45 bits per heavy atom. The molecule has 2 aliphatic heterocycles. The van der Waals surface area contributed by atoms with Crippen molar-refractivity contribution in [2.45, 2.75) is 37.2 Å². The van der Waals surface area contributed by atoms with E-state index >= 15 is 0 Å². The fourth-order valence-corrected chi connectivity index (χ4v) is 3.85. The molecular weight excluding hydrogens is 528 g/mol. The summed E-state index contributed by atoms with van der Waals surface area (Å²) in [6.07, 6.45) is -6.90. The van der Waals surface area contributed by atoms with Crippen molar-refractivity contribution in [2.75, 3.05) is 53.0 Å². The topological polar surface area (TPSA) is 119 Å². The summed E-state index contributed by atoms with van der Waals surface area (Å²) in [6.45, 7) is 6.12. The number of carbonyl (C=O) groups excluding carboxylic acids is 1. The number of piperidine rings is 1. The van der Waals surface area contributed by atoms with E-state index in [1.54, 1.807) is 7.05 Å². The number of likely N-dealkylation sites (tertiary alicyclic amines) is 1. The van der Waals surface area contributed by atoms with Crippen molar-refractivity contribution in [2.24, 2.45) is 0 Å². The second-order valence-corrected chi connectivity index (χ2v) is 8.55. The van der Waals surface area contributed by atoms with Crippen LogP contribution in [0, 0.1) is 0 Å². The predicted octanol–water partition coefficient (Wildman–Crippen LogP) is 2.41. The number of nitrogens with one attached hydrogen (secondary N) is 1. The number of carboxylic acid groups (broad SMARTS) is 2. The number of ether oxygens (including phenoxy) is 1. The molecule has 0 radical (unpaired) electrons. The van der Waals surface area contributed by atoms with Crippen molar-refractivity contribution in [3.63, 3.8) is 0 Å². The van der Waals surface area contributed by atoms with E-state index in [0.29, 0.717) is 6.54 Å². The maximum atomic E-state index is 11.8. The van der Waals surface area contributed by atoms with Crippen molar-refractivity contribution in [1.29, 1.82) is 0 Å². The second-order valence-electron chi connectivity index (χ2n) is 8.55. The van der Waals surface area contributed by atoms with Crippen LogP contribution in [-0.4, -0.2) is 109 Å². The van der Waals surface area contributed by atoms with Gasteiger partial charge in [0, 0.05) is 25.7 Å². The summed E-state index contributed by atoms with van der Waals surface area (Å²) in [5.74, 6) is -5.41. The lowest BCUT2D eigenvalue weighted by Gasteiger charge is -2.50. The highest BCUT2D eigenvalue weighted by molar-refractivity contribution is 5.77. The summed E-state index contributed by atoms with van der Waals surface area (Å²) in [6, 6.07) is 10.7. The molecule has 0 unspecified atom stereocenters. The van der Waals surface area contributed by atoms with Gasteiger partial charge in [0.2, 0.25) is 5.91 Å². The van der Waals surface area contributed by atoms with Gasteiger partial charge >= 0.3 is 24.3 Å². The molecule has 0 atom stereocenters. The number of morpholine rings is 1. The van der Waals surface area contributed by atoms with Gasteiger partial charge in [0.1, 0.15) is 0 Å². The number of alkyl halides is 6. The van der Waals surface area contributed by atoms with Crippen molar-refractivity contribution in [3.8, 4) is 0 Å². The van der Waals surface area contributed by atoms with Gasteiger partial charge in [-0.15, -0.1) is 0 Å². The number of carboxylic acids is 2. The fourth-order valence-electron chi connectivity index (χ4n) is 3.85. The summed E-state index contributed by atoms with van der Waals surface area (Å²) >= 11 is 0. The number of rotatable bonds is 5. The minimum absolute atomic E-state index is 0.0496. The van der Waals surface area contributed by atoms with E-state index in [0.717, 1.165) is 58.7 Å². The summed E-state index contributed by atoms with van der Waals surface area (Å²) in [5.41, 5.74) is 1.45. The Bertz CT molecular complexity index is 866. The Morgan fingerprint density at radius 3 is 1.89 bits per heavy atom. The van der Waals surface area contributed by atoms with Gasteiger partial charge in [-0.25, -0.2) is 9.59 Å². The summed E-state index contributed by atoms with van der Waals surface area (Å²) in [5, 5.41) is 17.0. The quantitative estimate of drug-likeness (QED) is 0.471. The molecule has 2 saturated heterocycles. The zero-order valence-corrected chi connectivity index (χ0v) is 20.6. The zero-order chi connectivity index (χ0) is 29.0. The van der Waals surface area contributed by atoms with Crippen molar-refractivity contribution >= 4 is 17.8 Å². The number of halogens is 6. The Hall–Kier alpha value is -2.91. The highest BCUT2D eigenvalue weighted by atomic mass is 19.4. The molecule has 0 aromatic heterocycles. The normalized spacial score (nSPS) is 17.9. The van der Waals surface area contributed by atoms with Crippen LogP contribution in [-0.2, 0) is 25.5 Å². The molecule has 2 aliphatic rings. The van der Waals surface area contributed by atoms with Crippen LogP contribution in [0.25, 0.3) is 0 Å². The molecule has 9 nitrogen and oxygen atoms in total. The molecule has 38 heavy (non-hydrogen) atoms. The Kier molecular flexibility index (Phi) is 13.0. The third-order valence-electron chi connectivity index (χ3n) is 5.99. The number of carbonyl (C=O) groups is 3. The van der Waals surface area contributed by atoms with Crippen LogP contribution >= 0.6 is 0 Å². The van der Waals surface area contributed by atoms with Crippen LogP contribution in [0.15, 0.2) is 30.3 Å². The van der Waals surface area contributed by atoms with Gasteiger partial charge in [-0.2, -0.15) is 26.3 Å². The number of amides is 1. The highest BCUT2D eigenvalue weighted by Crippen LogP contribution is 2.31. The van der Waals surface area contributed by atoms with Crippen molar-refractivity contribution in [1.82, 2.24) is 15.1 Å². The molecule has 3 rings (SSSR count). The minimum Gasteiger partial charge on any atom is -0.475 e. The van der Waals surface area contributed by atoms with E-state index < -0.39 is 24.3 Å². The highest BCUT2D eigenvalue weighted by Gasteiger charge is 2.42. The van der Waals surface area contributed by atoms with Crippen LogP contribution in [0.4, 0.5) is 26.3 Å². The second kappa shape index (κ2) is 14.9. The predicted molar refractivity (Wildman–Crippen MR) is 122 cm³/mol. The van der Waals surface area contributed by atoms with E-state index in [9.17, 15) is 31.1 Å². The zero-order valence-electron chi connectivity index (χ0n) is 20.6. The van der Waals surface area contributed by atoms with E-state index in [1.165, 1.54) is 5.56 Å². The van der Waals surface area contributed by atoms with Crippen molar-refractivity contribution < 1.29 is 55.7 Å². The van der Waals surface area contributed by atoms with Crippen LogP contribution in [0.1, 0.15) is 18.4 Å². The molecule has 1 spiro atoms. The number of hydrogen-bond acceptors (Lipinski definition) is 6. The molecule has 1 aromatic rings. The first-order chi connectivity index (χ1) is 17.6. The van der Waals surface area contributed by atoms with Crippen LogP contribution in [0.5, 0.6) is 0 Å². The number of nitrogens with zero attached hydrogens (tertiary/aromatic N) is 2. The number of benzene rings is 1. The summed E-state index contributed by atoms with van der Waals surface area (Å²) in [7, 11) is 1.71. The lowest BCUT2D eigenvalue weighted by molar-refractivity contribution is -0.193. The van der Waals surface area contributed by atoms with Gasteiger partial charge in [-0.3, -0.25) is 9.69 Å². The van der Waals surface area contributed by atoms with Gasteiger partial charge in [0.25, 0.3) is 0 Å². The van der Waals surface area contributed by atoms with Crippen LogP contribution < -0.4 is 5.32 Å². The van der Waals surface area contributed by atoms with E-state index in [1.807, 2.05) is 0 Å².